The third kappa shape index (κ3) is 2.68. The van der Waals surface area contributed by atoms with Crippen LogP contribution in [0.3, 0.4) is 0 Å². The Labute approximate surface area is 114 Å². The van der Waals surface area contributed by atoms with Gasteiger partial charge in [-0.05, 0) is 25.0 Å². The van der Waals surface area contributed by atoms with E-state index in [-0.39, 0.29) is 17.9 Å². The minimum atomic E-state index is -0.363. The number of fused-ring (bicyclic) bond motifs is 1. The second-order valence-corrected chi connectivity index (χ2v) is 5.72. The molecule has 100 valence electrons. The van der Waals surface area contributed by atoms with Gasteiger partial charge in [0.25, 0.3) is 0 Å². The van der Waals surface area contributed by atoms with Gasteiger partial charge in [0.05, 0.1) is 4.70 Å². The lowest BCUT2D eigenvalue weighted by Gasteiger charge is -2.11. The fraction of sp³-hybridized carbons (Fsp3) is 0.385. The van der Waals surface area contributed by atoms with Crippen molar-refractivity contribution in [1.29, 1.82) is 0 Å². The smallest absolute Gasteiger partial charge is 0.321 e. The molecule has 1 aliphatic carbocycles. The molecule has 0 saturated heterocycles. The number of benzene rings is 1. The molecule has 0 spiro atoms. The molecular weight excluding hydrogens is 265 g/mol. The SMILES string of the molecule is O=C(Nc1nc2c(F)cccc2s1)NC1CCCC1. The Morgan fingerprint density at radius 1 is 1.37 bits per heavy atom. The van der Waals surface area contributed by atoms with Gasteiger partial charge in [-0.2, -0.15) is 0 Å². The van der Waals surface area contributed by atoms with Crippen LogP contribution in [0.25, 0.3) is 10.2 Å². The van der Waals surface area contributed by atoms with Crippen molar-refractivity contribution in [2.45, 2.75) is 31.7 Å². The van der Waals surface area contributed by atoms with Gasteiger partial charge in [-0.1, -0.05) is 30.2 Å². The molecular formula is C13H14FN3OS. The maximum Gasteiger partial charge on any atom is 0.321 e. The van der Waals surface area contributed by atoms with Crippen LogP contribution >= 0.6 is 11.3 Å². The van der Waals surface area contributed by atoms with Crippen molar-refractivity contribution in [1.82, 2.24) is 10.3 Å². The minimum Gasteiger partial charge on any atom is -0.335 e. The predicted molar refractivity (Wildman–Crippen MR) is 74.0 cm³/mol. The lowest BCUT2D eigenvalue weighted by molar-refractivity contribution is 0.248. The number of thiazole rings is 1. The highest BCUT2D eigenvalue weighted by atomic mass is 32.1. The van der Waals surface area contributed by atoms with Crippen LogP contribution in [0, 0.1) is 5.82 Å². The van der Waals surface area contributed by atoms with E-state index in [0.29, 0.717) is 10.6 Å². The summed E-state index contributed by atoms with van der Waals surface area (Å²) in [5.41, 5.74) is 0.309. The van der Waals surface area contributed by atoms with Crippen molar-refractivity contribution in [2.75, 3.05) is 5.32 Å². The van der Waals surface area contributed by atoms with E-state index in [1.165, 1.54) is 17.4 Å². The summed E-state index contributed by atoms with van der Waals surface area (Å²) in [6.07, 6.45) is 4.39. The number of carbonyl (C=O) groups excluding carboxylic acids is 1. The molecule has 1 heterocycles. The summed E-state index contributed by atoms with van der Waals surface area (Å²) in [5.74, 6) is -0.363. The molecule has 6 heteroatoms. The Balaban J connectivity index is 1.70. The molecule has 1 fully saturated rings. The molecule has 19 heavy (non-hydrogen) atoms. The van der Waals surface area contributed by atoms with Gasteiger partial charge in [-0.25, -0.2) is 14.2 Å². The van der Waals surface area contributed by atoms with Gasteiger partial charge in [0.1, 0.15) is 11.3 Å². The van der Waals surface area contributed by atoms with Crippen molar-refractivity contribution in [2.24, 2.45) is 0 Å². The highest BCUT2D eigenvalue weighted by Gasteiger charge is 2.18. The van der Waals surface area contributed by atoms with Crippen LogP contribution in [-0.4, -0.2) is 17.1 Å². The lowest BCUT2D eigenvalue weighted by atomic mass is 10.3. The topological polar surface area (TPSA) is 54.0 Å². The summed E-state index contributed by atoms with van der Waals surface area (Å²) in [7, 11) is 0. The summed E-state index contributed by atoms with van der Waals surface area (Å²) in [4.78, 5) is 15.9. The van der Waals surface area contributed by atoms with Crippen molar-refractivity contribution >= 4 is 32.7 Å². The maximum atomic E-state index is 13.5. The molecule has 0 aliphatic heterocycles. The Bertz CT molecular complexity index is 607. The van der Waals surface area contributed by atoms with E-state index in [0.717, 1.165) is 30.4 Å². The van der Waals surface area contributed by atoms with Crippen LogP contribution in [0.4, 0.5) is 14.3 Å². The minimum absolute atomic E-state index is 0.256. The number of aromatic nitrogens is 1. The van der Waals surface area contributed by atoms with E-state index < -0.39 is 0 Å². The van der Waals surface area contributed by atoms with Crippen molar-refractivity contribution in [3.63, 3.8) is 0 Å². The standard InChI is InChI=1S/C13H14FN3OS/c14-9-6-3-7-10-11(9)16-13(19-10)17-12(18)15-8-4-1-2-5-8/h3,6-8H,1-2,4-5H2,(H2,15,16,17,18). The summed E-state index contributed by atoms with van der Waals surface area (Å²) in [6, 6.07) is 4.79. The van der Waals surface area contributed by atoms with E-state index >= 15 is 0 Å². The summed E-state index contributed by atoms with van der Waals surface area (Å²) in [5, 5.41) is 6.01. The first kappa shape index (κ1) is 12.3. The molecule has 0 unspecified atom stereocenters. The van der Waals surface area contributed by atoms with Crippen molar-refractivity contribution in [3.8, 4) is 0 Å². The number of halogens is 1. The van der Waals surface area contributed by atoms with E-state index in [1.807, 2.05) is 0 Å². The van der Waals surface area contributed by atoms with Gasteiger partial charge in [0.15, 0.2) is 5.13 Å². The van der Waals surface area contributed by atoms with Crippen molar-refractivity contribution in [3.05, 3.63) is 24.0 Å². The van der Waals surface area contributed by atoms with E-state index in [2.05, 4.69) is 15.6 Å². The normalized spacial score (nSPS) is 15.8. The zero-order valence-electron chi connectivity index (χ0n) is 10.3. The van der Waals surface area contributed by atoms with E-state index in [9.17, 15) is 9.18 Å². The zero-order valence-corrected chi connectivity index (χ0v) is 11.1. The van der Waals surface area contributed by atoms with Gasteiger partial charge in [0, 0.05) is 6.04 Å². The Kier molecular flexibility index (Phi) is 3.33. The summed E-state index contributed by atoms with van der Waals surface area (Å²) < 4.78 is 14.2. The molecule has 2 amide bonds. The number of rotatable bonds is 2. The molecule has 1 aromatic heterocycles. The van der Waals surface area contributed by atoms with Gasteiger partial charge in [-0.15, -0.1) is 0 Å². The number of urea groups is 1. The summed E-state index contributed by atoms with van der Waals surface area (Å²) >= 11 is 1.27. The number of hydrogen-bond acceptors (Lipinski definition) is 3. The van der Waals surface area contributed by atoms with Gasteiger partial charge in [-0.3, -0.25) is 5.32 Å². The number of carbonyl (C=O) groups is 1. The average molecular weight is 279 g/mol. The molecule has 2 aromatic rings. The quantitative estimate of drug-likeness (QED) is 0.884. The third-order valence-corrected chi connectivity index (χ3v) is 4.22. The van der Waals surface area contributed by atoms with Gasteiger partial charge >= 0.3 is 6.03 Å². The van der Waals surface area contributed by atoms with Crippen LogP contribution < -0.4 is 10.6 Å². The molecule has 1 aromatic carbocycles. The number of para-hydroxylation sites is 1. The lowest BCUT2D eigenvalue weighted by Crippen LogP contribution is -2.36. The highest BCUT2D eigenvalue weighted by molar-refractivity contribution is 7.22. The van der Waals surface area contributed by atoms with Crippen LogP contribution in [0.2, 0.25) is 0 Å². The zero-order chi connectivity index (χ0) is 13.2. The highest BCUT2D eigenvalue weighted by Crippen LogP contribution is 2.27. The number of nitrogens with one attached hydrogen (secondary N) is 2. The molecule has 1 saturated carbocycles. The third-order valence-electron chi connectivity index (χ3n) is 3.28. The van der Waals surface area contributed by atoms with Crippen LogP contribution in [0.15, 0.2) is 18.2 Å². The van der Waals surface area contributed by atoms with Crippen LogP contribution in [0.5, 0.6) is 0 Å². The number of amides is 2. The molecule has 2 N–H and O–H groups in total. The second kappa shape index (κ2) is 5.13. The van der Waals surface area contributed by atoms with E-state index in [1.54, 1.807) is 12.1 Å². The molecule has 0 atom stereocenters. The first-order valence-electron chi connectivity index (χ1n) is 6.35. The molecule has 3 rings (SSSR count). The largest absolute Gasteiger partial charge is 0.335 e. The second-order valence-electron chi connectivity index (χ2n) is 4.69. The average Bonchev–Trinajstić information content (AvgIpc) is 2.98. The molecule has 0 bridgehead atoms. The Morgan fingerprint density at radius 2 is 2.16 bits per heavy atom. The predicted octanol–water partition coefficient (Wildman–Crippen LogP) is 3.50. The number of hydrogen-bond donors (Lipinski definition) is 2. The maximum absolute atomic E-state index is 13.5. The molecule has 0 radical (unpaired) electrons. The Hall–Kier alpha value is -1.69. The molecule has 1 aliphatic rings. The van der Waals surface area contributed by atoms with Crippen molar-refractivity contribution < 1.29 is 9.18 Å². The van der Waals surface area contributed by atoms with Gasteiger partial charge in [0.2, 0.25) is 0 Å². The summed E-state index contributed by atoms with van der Waals surface area (Å²) in [6.45, 7) is 0. The van der Waals surface area contributed by atoms with E-state index in [4.69, 9.17) is 0 Å². The monoisotopic (exact) mass is 279 g/mol. The molecule has 4 nitrogen and oxygen atoms in total. The first-order valence-corrected chi connectivity index (χ1v) is 7.16. The van der Waals surface area contributed by atoms with Gasteiger partial charge < -0.3 is 5.32 Å². The van der Waals surface area contributed by atoms with Crippen LogP contribution in [-0.2, 0) is 0 Å². The Morgan fingerprint density at radius 3 is 2.89 bits per heavy atom. The number of nitrogens with zero attached hydrogens (tertiary/aromatic N) is 1. The fourth-order valence-corrected chi connectivity index (χ4v) is 3.23. The fourth-order valence-electron chi connectivity index (χ4n) is 2.36. The number of anilines is 1. The first-order chi connectivity index (χ1) is 9.22. The van der Waals surface area contributed by atoms with Crippen LogP contribution in [0.1, 0.15) is 25.7 Å².